The number of thioether (sulfide) groups is 1. The van der Waals surface area contributed by atoms with Crippen molar-refractivity contribution in [1.82, 2.24) is 0 Å². The van der Waals surface area contributed by atoms with Gasteiger partial charge in [0.05, 0.1) is 25.9 Å². The molecular weight excluding hydrogens is 372 g/mol. The van der Waals surface area contributed by atoms with E-state index in [2.05, 4.69) is 31.2 Å². The number of benzene rings is 2. The predicted molar refractivity (Wildman–Crippen MR) is 115 cm³/mol. The van der Waals surface area contributed by atoms with Gasteiger partial charge in [-0.15, -0.1) is 11.8 Å². The molecular formula is C23H30O4S. The number of aliphatic hydroxyl groups is 2. The van der Waals surface area contributed by atoms with Gasteiger partial charge in [-0.25, -0.2) is 0 Å². The highest BCUT2D eigenvalue weighted by Crippen LogP contribution is 2.46. The first-order chi connectivity index (χ1) is 13.4. The minimum atomic E-state index is -0.707. The van der Waals surface area contributed by atoms with Crippen LogP contribution in [0.3, 0.4) is 0 Å². The van der Waals surface area contributed by atoms with E-state index < -0.39 is 12.2 Å². The van der Waals surface area contributed by atoms with Gasteiger partial charge >= 0.3 is 0 Å². The Morgan fingerprint density at radius 3 is 2.46 bits per heavy atom. The molecule has 1 aliphatic heterocycles. The van der Waals surface area contributed by atoms with Gasteiger partial charge in [0.25, 0.3) is 0 Å². The van der Waals surface area contributed by atoms with Crippen molar-refractivity contribution in [2.24, 2.45) is 0 Å². The summed E-state index contributed by atoms with van der Waals surface area (Å²) in [6, 6.07) is 12.5. The van der Waals surface area contributed by atoms with Crippen molar-refractivity contribution in [1.29, 1.82) is 0 Å². The maximum absolute atomic E-state index is 10.3. The van der Waals surface area contributed by atoms with E-state index in [1.165, 1.54) is 16.7 Å². The fourth-order valence-electron chi connectivity index (χ4n) is 3.72. The van der Waals surface area contributed by atoms with Crippen LogP contribution in [0.25, 0.3) is 0 Å². The standard InChI is InChI=1S/C23H30O4S/c1-5-27-18-8-6-16(7-9-18)11-17-12-19(21(26-4)10-14(17)2)22-13-20(24)23(25)15(3)28-22/h6-10,12,15,20,22-25H,5,11,13H2,1-4H3/t15-,20-,22-,23-/m1/s1. The van der Waals surface area contributed by atoms with Crippen LogP contribution in [0.15, 0.2) is 36.4 Å². The van der Waals surface area contributed by atoms with Gasteiger partial charge in [0.2, 0.25) is 0 Å². The van der Waals surface area contributed by atoms with Crippen molar-refractivity contribution in [2.75, 3.05) is 13.7 Å². The number of ether oxygens (including phenoxy) is 2. The Bertz CT molecular complexity index is 778. The van der Waals surface area contributed by atoms with Crippen LogP contribution in [0.1, 0.15) is 47.8 Å². The molecule has 0 amide bonds. The van der Waals surface area contributed by atoms with Gasteiger partial charge in [-0.1, -0.05) is 25.1 Å². The molecule has 0 bridgehead atoms. The van der Waals surface area contributed by atoms with Crippen LogP contribution >= 0.6 is 11.8 Å². The number of aryl methyl sites for hydroxylation is 1. The molecule has 0 aromatic heterocycles. The van der Waals surface area contributed by atoms with E-state index in [9.17, 15) is 10.2 Å². The second kappa shape index (κ2) is 9.21. The lowest BCUT2D eigenvalue weighted by atomic mass is 9.93. The van der Waals surface area contributed by atoms with Crippen molar-refractivity contribution < 1.29 is 19.7 Å². The Morgan fingerprint density at radius 2 is 1.86 bits per heavy atom. The molecule has 152 valence electrons. The lowest BCUT2D eigenvalue weighted by Gasteiger charge is -2.35. The fourth-order valence-corrected chi connectivity index (χ4v) is 5.22. The Labute approximate surface area is 171 Å². The summed E-state index contributed by atoms with van der Waals surface area (Å²) in [7, 11) is 1.69. The van der Waals surface area contributed by atoms with Crippen molar-refractivity contribution in [3.8, 4) is 11.5 Å². The maximum Gasteiger partial charge on any atom is 0.123 e. The van der Waals surface area contributed by atoms with Crippen LogP contribution in [0.5, 0.6) is 11.5 Å². The molecule has 1 heterocycles. The molecule has 2 N–H and O–H groups in total. The van der Waals surface area contributed by atoms with Gasteiger partial charge < -0.3 is 19.7 Å². The third-order valence-corrected chi connectivity index (χ3v) is 6.86. The van der Waals surface area contributed by atoms with E-state index in [-0.39, 0.29) is 10.5 Å². The molecule has 28 heavy (non-hydrogen) atoms. The second-order valence-corrected chi connectivity index (χ2v) is 8.98. The number of rotatable bonds is 6. The summed E-state index contributed by atoms with van der Waals surface area (Å²) in [5.41, 5.74) is 4.75. The molecule has 5 heteroatoms. The summed E-state index contributed by atoms with van der Waals surface area (Å²) in [4.78, 5) is 0. The second-order valence-electron chi connectivity index (χ2n) is 7.40. The lowest BCUT2D eigenvalue weighted by molar-refractivity contribution is 0.0108. The molecule has 3 rings (SSSR count). The number of hydrogen-bond acceptors (Lipinski definition) is 5. The van der Waals surface area contributed by atoms with Gasteiger partial charge in [0.1, 0.15) is 11.5 Å². The van der Waals surface area contributed by atoms with Crippen molar-refractivity contribution in [3.05, 3.63) is 58.7 Å². The fraction of sp³-hybridized carbons (Fsp3) is 0.478. The minimum absolute atomic E-state index is 0.0191. The monoisotopic (exact) mass is 402 g/mol. The van der Waals surface area contributed by atoms with Gasteiger partial charge in [0, 0.05) is 16.1 Å². The molecule has 1 fully saturated rings. The van der Waals surface area contributed by atoms with Crippen LogP contribution in [0.2, 0.25) is 0 Å². The average molecular weight is 403 g/mol. The zero-order chi connectivity index (χ0) is 20.3. The summed E-state index contributed by atoms with van der Waals surface area (Å²) in [5, 5.41) is 20.4. The zero-order valence-electron chi connectivity index (χ0n) is 17.0. The topological polar surface area (TPSA) is 58.9 Å². The van der Waals surface area contributed by atoms with Crippen LogP contribution < -0.4 is 9.47 Å². The molecule has 0 aliphatic carbocycles. The summed E-state index contributed by atoms with van der Waals surface area (Å²) in [5.74, 6) is 1.74. The first-order valence-electron chi connectivity index (χ1n) is 9.83. The van der Waals surface area contributed by atoms with E-state index in [1.807, 2.05) is 26.0 Å². The first kappa shape index (κ1) is 21.0. The highest BCUT2D eigenvalue weighted by molar-refractivity contribution is 8.00. The highest BCUT2D eigenvalue weighted by Gasteiger charge is 2.35. The van der Waals surface area contributed by atoms with E-state index in [4.69, 9.17) is 9.47 Å². The molecule has 1 aliphatic rings. The van der Waals surface area contributed by atoms with Crippen LogP contribution in [0.4, 0.5) is 0 Å². The van der Waals surface area contributed by atoms with E-state index in [1.54, 1.807) is 18.9 Å². The van der Waals surface area contributed by atoms with Crippen molar-refractivity contribution in [2.45, 2.75) is 56.3 Å². The Kier molecular flexibility index (Phi) is 6.91. The maximum atomic E-state index is 10.3. The number of hydrogen-bond donors (Lipinski definition) is 2. The lowest BCUT2D eigenvalue weighted by Crippen LogP contribution is -2.39. The highest BCUT2D eigenvalue weighted by atomic mass is 32.2. The van der Waals surface area contributed by atoms with Crippen molar-refractivity contribution in [3.63, 3.8) is 0 Å². The van der Waals surface area contributed by atoms with E-state index in [0.717, 1.165) is 23.5 Å². The average Bonchev–Trinajstić information content (AvgIpc) is 2.68. The Hall–Kier alpha value is -1.69. The predicted octanol–water partition coefficient (Wildman–Crippen LogP) is 4.28. The molecule has 4 atom stereocenters. The molecule has 0 saturated carbocycles. The van der Waals surface area contributed by atoms with Crippen LogP contribution in [0, 0.1) is 6.92 Å². The third-order valence-electron chi connectivity index (χ3n) is 5.37. The summed E-state index contributed by atoms with van der Waals surface area (Å²) < 4.78 is 11.2. The molecule has 2 aromatic rings. The quantitative estimate of drug-likeness (QED) is 0.755. The number of methoxy groups -OCH3 is 1. The molecule has 0 unspecified atom stereocenters. The third kappa shape index (κ3) is 4.65. The normalized spacial score (nSPS) is 24.8. The van der Waals surface area contributed by atoms with E-state index >= 15 is 0 Å². The van der Waals surface area contributed by atoms with E-state index in [0.29, 0.717) is 13.0 Å². The Balaban J connectivity index is 1.87. The zero-order valence-corrected chi connectivity index (χ0v) is 17.8. The number of aliphatic hydroxyl groups excluding tert-OH is 2. The summed E-state index contributed by atoms with van der Waals surface area (Å²) in [6.45, 7) is 6.71. The summed E-state index contributed by atoms with van der Waals surface area (Å²) in [6.07, 6.45) is -0.0336. The van der Waals surface area contributed by atoms with Gasteiger partial charge in [-0.2, -0.15) is 0 Å². The largest absolute Gasteiger partial charge is 0.496 e. The van der Waals surface area contributed by atoms with Gasteiger partial charge in [-0.3, -0.25) is 0 Å². The van der Waals surface area contributed by atoms with Crippen LogP contribution in [-0.2, 0) is 6.42 Å². The molecule has 1 saturated heterocycles. The van der Waals surface area contributed by atoms with Crippen molar-refractivity contribution >= 4 is 11.8 Å². The first-order valence-corrected chi connectivity index (χ1v) is 10.8. The minimum Gasteiger partial charge on any atom is -0.496 e. The van der Waals surface area contributed by atoms with Gasteiger partial charge in [0.15, 0.2) is 0 Å². The Morgan fingerprint density at radius 1 is 1.14 bits per heavy atom. The smallest absolute Gasteiger partial charge is 0.123 e. The summed E-state index contributed by atoms with van der Waals surface area (Å²) >= 11 is 1.70. The molecule has 0 radical (unpaired) electrons. The molecule has 2 aromatic carbocycles. The molecule has 0 spiro atoms. The van der Waals surface area contributed by atoms with Crippen LogP contribution in [-0.4, -0.2) is 41.4 Å². The molecule has 4 nitrogen and oxygen atoms in total. The van der Waals surface area contributed by atoms with Gasteiger partial charge in [-0.05, 0) is 61.6 Å². The SMILES string of the molecule is CCOc1ccc(Cc2cc([C@H]3C[C@@H](O)[C@H](O)[C@@H](C)S3)c(OC)cc2C)cc1.